The molecule has 0 atom stereocenters. The van der Waals surface area contributed by atoms with Crippen molar-refractivity contribution < 1.29 is 18.0 Å². The molecule has 0 heterocycles. The molecule has 11 heavy (non-hydrogen) atoms. The van der Waals surface area contributed by atoms with Gasteiger partial charge in [-0.1, -0.05) is 0 Å². The Morgan fingerprint density at radius 2 is 2.00 bits per heavy atom. The number of carbonyl (C=O) groups excluding carboxylic acids is 1. The van der Waals surface area contributed by atoms with E-state index in [-0.39, 0.29) is 6.42 Å². The third-order valence-corrected chi connectivity index (χ3v) is 0.970. The normalized spacial score (nSPS) is 10.2. The van der Waals surface area contributed by atoms with E-state index in [2.05, 4.69) is 11.8 Å². The molecule has 0 fully saturated rings. The smallest absolute Gasteiger partial charge is 0.290 e. The SMILES string of the molecule is CC#CCCC(=O)C(F)(F)F. The van der Waals surface area contributed by atoms with Crippen LogP contribution >= 0.6 is 0 Å². The van der Waals surface area contributed by atoms with Crippen LogP contribution in [-0.4, -0.2) is 12.0 Å². The minimum Gasteiger partial charge on any atom is -0.290 e. The first kappa shape index (κ1) is 10.0. The van der Waals surface area contributed by atoms with Gasteiger partial charge in [-0.15, -0.1) is 11.8 Å². The third-order valence-electron chi connectivity index (χ3n) is 0.970. The molecular weight excluding hydrogens is 157 g/mol. The molecule has 4 heteroatoms. The van der Waals surface area contributed by atoms with Crippen molar-refractivity contribution in [3.05, 3.63) is 0 Å². The predicted molar refractivity (Wildman–Crippen MR) is 33.7 cm³/mol. The van der Waals surface area contributed by atoms with Crippen LogP contribution in [-0.2, 0) is 4.79 Å². The van der Waals surface area contributed by atoms with Gasteiger partial charge in [-0.2, -0.15) is 13.2 Å². The second-order valence-corrected chi connectivity index (χ2v) is 1.85. The lowest BCUT2D eigenvalue weighted by atomic mass is 10.2. The fourth-order valence-corrected chi connectivity index (χ4v) is 0.443. The summed E-state index contributed by atoms with van der Waals surface area (Å²) < 4.78 is 34.4. The predicted octanol–water partition coefficient (Wildman–Crippen LogP) is 1.92. The molecule has 0 saturated heterocycles. The van der Waals surface area contributed by atoms with E-state index in [0.29, 0.717) is 0 Å². The molecular formula is C7H7F3O. The first-order valence-electron chi connectivity index (χ1n) is 2.98. The van der Waals surface area contributed by atoms with Crippen LogP contribution in [0.25, 0.3) is 0 Å². The maximum atomic E-state index is 11.5. The molecule has 0 N–H and O–H groups in total. The molecule has 0 aromatic rings. The van der Waals surface area contributed by atoms with Gasteiger partial charge in [-0.25, -0.2) is 0 Å². The zero-order valence-corrected chi connectivity index (χ0v) is 5.96. The van der Waals surface area contributed by atoms with Crippen LogP contribution in [0.4, 0.5) is 13.2 Å². The van der Waals surface area contributed by atoms with Gasteiger partial charge in [0.2, 0.25) is 5.78 Å². The maximum absolute atomic E-state index is 11.5. The van der Waals surface area contributed by atoms with Gasteiger partial charge in [0.05, 0.1) is 0 Å². The Kier molecular flexibility index (Phi) is 3.66. The van der Waals surface area contributed by atoms with Crippen LogP contribution < -0.4 is 0 Å². The molecule has 62 valence electrons. The number of alkyl halides is 3. The number of hydrogen-bond donors (Lipinski definition) is 0. The zero-order valence-electron chi connectivity index (χ0n) is 5.96. The summed E-state index contributed by atoms with van der Waals surface area (Å²) in [5, 5.41) is 0. The van der Waals surface area contributed by atoms with Crippen LogP contribution in [0.3, 0.4) is 0 Å². The van der Waals surface area contributed by atoms with E-state index in [4.69, 9.17) is 0 Å². The van der Waals surface area contributed by atoms with Gasteiger partial charge in [0.15, 0.2) is 0 Å². The summed E-state index contributed by atoms with van der Waals surface area (Å²) in [6, 6.07) is 0. The highest BCUT2D eigenvalue weighted by Gasteiger charge is 2.36. The van der Waals surface area contributed by atoms with E-state index in [1.165, 1.54) is 6.92 Å². The van der Waals surface area contributed by atoms with E-state index >= 15 is 0 Å². The van der Waals surface area contributed by atoms with Crippen molar-refractivity contribution in [2.24, 2.45) is 0 Å². The number of hydrogen-bond acceptors (Lipinski definition) is 1. The standard InChI is InChI=1S/C7H7F3O/c1-2-3-4-5-6(11)7(8,9)10/h4-5H2,1H3. The molecule has 0 aromatic heterocycles. The molecule has 0 rings (SSSR count). The lowest BCUT2D eigenvalue weighted by Crippen LogP contribution is -2.21. The molecule has 0 aromatic carbocycles. The Morgan fingerprint density at radius 1 is 1.45 bits per heavy atom. The summed E-state index contributed by atoms with van der Waals surface area (Å²) in [6.45, 7) is 1.51. The number of halogens is 3. The average molecular weight is 164 g/mol. The summed E-state index contributed by atoms with van der Waals surface area (Å²) >= 11 is 0. The van der Waals surface area contributed by atoms with Crippen molar-refractivity contribution in [1.29, 1.82) is 0 Å². The van der Waals surface area contributed by atoms with Gasteiger partial charge in [0, 0.05) is 12.8 Å². The van der Waals surface area contributed by atoms with Gasteiger partial charge in [0.25, 0.3) is 0 Å². The number of carbonyl (C=O) groups is 1. The fourth-order valence-electron chi connectivity index (χ4n) is 0.443. The number of ketones is 1. The minimum absolute atomic E-state index is 0.0190. The monoisotopic (exact) mass is 164 g/mol. The van der Waals surface area contributed by atoms with Crippen molar-refractivity contribution >= 4 is 5.78 Å². The molecule has 0 aliphatic heterocycles. The van der Waals surface area contributed by atoms with Crippen molar-refractivity contribution in [3.63, 3.8) is 0 Å². The number of rotatable bonds is 2. The maximum Gasteiger partial charge on any atom is 0.450 e. The highest BCUT2D eigenvalue weighted by atomic mass is 19.4. The first-order valence-corrected chi connectivity index (χ1v) is 2.98. The molecule has 0 aliphatic carbocycles. The van der Waals surface area contributed by atoms with Crippen molar-refractivity contribution in [3.8, 4) is 11.8 Å². The summed E-state index contributed by atoms with van der Waals surface area (Å²) in [6.07, 6.45) is -5.26. The van der Waals surface area contributed by atoms with Crippen LogP contribution in [0.2, 0.25) is 0 Å². The Hall–Kier alpha value is -0.980. The van der Waals surface area contributed by atoms with Gasteiger partial charge < -0.3 is 0 Å². The highest BCUT2D eigenvalue weighted by Crippen LogP contribution is 2.18. The van der Waals surface area contributed by atoms with E-state index < -0.39 is 18.4 Å². The molecule has 0 radical (unpaired) electrons. The first-order chi connectivity index (χ1) is 4.98. The van der Waals surface area contributed by atoms with Crippen LogP contribution in [0.5, 0.6) is 0 Å². The Morgan fingerprint density at radius 3 is 2.36 bits per heavy atom. The quantitative estimate of drug-likeness (QED) is 0.570. The summed E-state index contributed by atoms with van der Waals surface area (Å²) in [5.74, 6) is 3.08. The molecule has 0 unspecified atom stereocenters. The van der Waals surface area contributed by atoms with E-state index in [1.807, 2.05) is 0 Å². The van der Waals surface area contributed by atoms with E-state index in [9.17, 15) is 18.0 Å². The van der Waals surface area contributed by atoms with Crippen LogP contribution in [0.15, 0.2) is 0 Å². The molecule has 0 saturated carbocycles. The van der Waals surface area contributed by atoms with Gasteiger partial charge >= 0.3 is 6.18 Å². The second-order valence-electron chi connectivity index (χ2n) is 1.85. The largest absolute Gasteiger partial charge is 0.450 e. The Bertz CT molecular complexity index is 194. The Labute approximate surface area is 62.6 Å². The molecule has 0 spiro atoms. The lowest BCUT2D eigenvalue weighted by molar-refractivity contribution is -0.170. The molecule has 0 bridgehead atoms. The summed E-state index contributed by atoms with van der Waals surface area (Å²) in [7, 11) is 0. The van der Waals surface area contributed by atoms with Crippen LogP contribution in [0.1, 0.15) is 19.8 Å². The number of Topliss-reactive ketones (excluding diaryl/α,β-unsaturated/α-hetero) is 1. The van der Waals surface area contributed by atoms with E-state index in [1.54, 1.807) is 0 Å². The minimum atomic E-state index is -4.70. The van der Waals surface area contributed by atoms with E-state index in [0.717, 1.165) is 0 Å². The summed E-state index contributed by atoms with van der Waals surface area (Å²) in [4.78, 5) is 10.1. The lowest BCUT2D eigenvalue weighted by Gasteiger charge is -2.01. The van der Waals surface area contributed by atoms with Gasteiger partial charge in [0.1, 0.15) is 0 Å². The zero-order chi connectivity index (χ0) is 8.91. The summed E-state index contributed by atoms with van der Waals surface area (Å²) in [5.41, 5.74) is 0. The molecule has 1 nitrogen and oxygen atoms in total. The molecule has 0 aliphatic rings. The van der Waals surface area contributed by atoms with Crippen molar-refractivity contribution in [2.45, 2.75) is 25.9 Å². The fraction of sp³-hybridized carbons (Fsp3) is 0.571. The van der Waals surface area contributed by atoms with Crippen molar-refractivity contribution in [2.75, 3.05) is 0 Å². The Balaban J connectivity index is 3.77. The molecule has 0 amide bonds. The third kappa shape index (κ3) is 4.43. The highest BCUT2D eigenvalue weighted by molar-refractivity contribution is 5.84. The van der Waals surface area contributed by atoms with Gasteiger partial charge in [-0.3, -0.25) is 4.79 Å². The van der Waals surface area contributed by atoms with Crippen molar-refractivity contribution in [1.82, 2.24) is 0 Å². The second kappa shape index (κ2) is 4.02. The van der Waals surface area contributed by atoms with Gasteiger partial charge in [-0.05, 0) is 6.92 Å². The average Bonchev–Trinajstić information content (AvgIpc) is 1.86. The topological polar surface area (TPSA) is 17.1 Å². The van der Waals surface area contributed by atoms with Crippen LogP contribution in [0, 0.1) is 11.8 Å².